The standard InChI is InChI=1S/C21H22N2O3/c1-13-8-9-20(26-13)19-10-17(16-6-4-5-7-18(16)22-19)21(24)23-11-14(2)25-15(3)12-23/h4-10,14-15H,11-12H2,1-3H3/t14-,15-/m0/s1. The fraction of sp³-hybridized carbons (Fsp3) is 0.333. The number of amides is 1. The smallest absolute Gasteiger partial charge is 0.254 e. The summed E-state index contributed by atoms with van der Waals surface area (Å²) in [6, 6.07) is 13.4. The van der Waals surface area contributed by atoms with Gasteiger partial charge in [0.25, 0.3) is 5.91 Å². The maximum atomic E-state index is 13.3. The van der Waals surface area contributed by atoms with Crippen LogP contribution in [0.1, 0.15) is 30.0 Å². The Balaban J connectivity index is 1.81. The maximum Gasteiger partial charge on any atom is 0.254 e. The van der Waals surface area contributed by atoms with Gasteiger partial charge in [-0.3, -0.25) is 4.79 Å². The summed E-state index contributed by atoms with van der Waals surface area (Å²) in [4.78, 5) is 19.9. The van der Waals surface area contributed by atoms with Crippen LogP contribution in [0.5, 0.6) is 0 Å². The number of pyridine rings is 1. The fourth-order valence-electron chi connectivity index (χ4n) is 3.56. The second-order valence-electron chi connectivity index (χ2n) is 6.95. The Bertz CT molecular complexity index is 953. The number of hydrogen-bond donors (Lipinski definition) is 0. The number of furan rings is 1. The molecule has 1 saturated heterocycles. The molecule has 0 bridgehead atoms. The van der Waals surface area contributed by atoms with E-state index in [1.807, 2.05) is 68.1 Å². The van der Waals surface area contributed by atoms with E-state index in [0.29, 0.717) is 30.1 Å². The van der Waals surface area contributed by atoms with Crippen molar-refractivity contribution < 1.29 is 13.9 Å². The molecule has 2 atom stereocenters. The van der Waals surface area contributed by atoms with Gasteiger partial charge < -0.3 is 14.1 Å². The van der Waals surface area contributed by atoms with Gasteiger partial charge in [0.2, 0.25) is 0 Å². The molecule has 0 spiro atoms. The lowest BCUT2D eigenvalue weighted by Gasteiger charge is -2.35. The topological polar surface area (TPSA) is 55.6 Å². The second-order valence-corrected chi connectivity index (χ2v) is 6.95. The monoisotopic (exact) mass is 350 g/mol. The van der Waals surface area contributed by atoms with Crippen LogP contribution in [0, 0.1) is 6.92 Å². The lowest BCUT2D eigenvalue weighted by molar-refractivity contribution is -0.0585. The number of hydrogen-bond acceptors (Lipinski definition) is 4. The average Bonchev–Trinajstić information content (AvgIpc) is 3.06. The Kier molecular flexibility index (Phi) is 4.24. The van der Waals surface area contributed by atoms with Crippen LogP contribution in [0.4, 0.5) is 0 Å². The lowest BCUT2D eigenvalue weighted by Crippen LogP contribution is -2.48. The van der Waals surface area contributed by atoms with Crippen molar-refractivity contribution >= 4 is 16.8 Å². The SMILES string of the molecule is Cc1ccc(-c2cc(C(=O)N3C[C@H](C)O[C@@H](C)C3)c3ccccc3n2)o1. The summed E-state index contributed by atoms with van der Waals surface area (Å²) in [6.07, 6.45) is 0.0611. The first-order valence-corrected chi connectivity index (χ1v) is 8.92. The quantitative estimate of drug-likeness (QED) is 0.699. The first-order chi connectivity index (χ1) is 12.5. The number of nitrogens with zero attached hydrogens (tertiary/aromatic N) is 2. The Morgan fingerprint density at radius 3 is 2.54 bits per heavy atom. The predicted octanol–water partition coefficient (Wildman–Crippen LogP) is 4.05. The van der Waals surface area contributed by atoms with Gasteiger partial charge >= 0.3 is 0 Å². The van der Waals surface area contributed by atoms with Gasteiger partial charge in [-0.15, -0.1) is 0 Å². The Morgan fingerprint density at radius 1 is 1.12 bits per heavy atom. The molecular formula is C21H22N2O3. The molecule has 1 fully saturated rings. The van der Waals surface area contributed by atoms with Gasteiger partial charge in [-0.1, -0.05) is 18.2 Å². The number of benzene rings is 1. The van der Waals surface area contributed by atoms with Gasteiger partial charge in [0.05, 0.1) is 23.3 Å². The van der Waals surface area contributed by atoms with Gasteiger partial charge in [-0.25, -0.2) is 4.98 Å². The van der Waals surface area contributed by atoms with Crippen LogP contribution < -0.4 is 0 Å². The van der Waals surface area contributed by atoms with E-state index in [0.717, 1.165) is 16.7 Å². The van der Waals surface area contributed by atoms with Crippen LogP contribution in [0.15, 0.2) is 46.9 Å². The summed E-state index contributed by atoms with van der Waals surface area (Å²) in [5.41, 5.74) is 2.12. The van der Waals surface area contributed by atoms with Crippen molar-refractivity contribution in [1.29, 1.82) is 0 Å². The van der Waals surface area contributed by atoms with E-state index in [2.05, 4.69) is 4.98 Å². The predicted molar refractivity (Wildman–Crippen MR) is 100 cm³/mol. The summed E-state index contributed by atoms with van der Waals surface area (Å²) in [5.74, 6) is 1.50. The fourth-order valence-corrected chi connectivity index (χ4v) is 3.56. The van der Waals surface area contributed by atoms with Crippen LogP contribution in [0.25, 0.3) is 22.4 Å². The van der Waals surface area contributed by atoms with Crippen molar-refractivity contribution in [3.8, 4) is 11.5 Å². The average molecular weight is 350 g/mol. The van der Waals surface area contributed by atoms with Crippen LogP contribution in [-0.2, 0) is 4.74 Å². The zero-order valence-corrected chi connectivity index (χ0v) is 15.2. The zero-order chi connectivity index (χ0) is 18.3. The molecule has 26 heavy (non-hydrogen) atoms. The van der Waals surface area contributed by atoms with Crippen LogP contribution in [0.3, 0.4) is 0 Å². The maximum absolute atomic E-state index is 13.3. The highest BCUT2D eigenvalue weighted by Crippen LogP contribution is 2.27. The number of aromatic nitrogens is 1. The number of morpholine rings is 1. The highest BCUT2D eigenvalue weighted by molar-refractivity contribution is 6.07. The van der Waals surface area contributed by atoms with E-state index in [1.54, 1.807) is 0 Å². The normalized spacial score (nSPS) is 20.5. The van der Waals surface area contributed by atoms with Crippen molar-refractivity contribution in [2.45, 2.75) is 33.0 Å². The van der Waals surface area contributed by atoms with Gasteiger partial charge in [0.15, 0.2) is 5.76 Å². The van der Waals surface area contributed by atoms with Crippen molar-refractivity contribution in [2.75, 3.05) is 13.1 Å². The summed E-state index contributed by atoms with van der Waals surface area (Å²) in [6.45, 7) is 7.08. The molecule has 1 aliphatic heterocycles. The van der Waals surface area contributed by atoms with Crippen molar-refractivity contribution in [3.63, 3.8) is 0 Å². The molecule has 0 saturated carbocycles. The molecule has 0 aliphatic carbocycles. The van der Waals surface area contributed by atoms with Gasteiger partial charge in [0, 0.05) is 18.5 Å². The zero-order valence-electron chi connectivity index (χ0n) is 15.2. The summed E-state index contributed by atoms with van der Waals surface area (Å²) < 4.78 is 11.5. The molecule has 3 heterocycles. The number of carbonyl (C=O) groups is 1. The van der Waals surface area contributed by atoms with Crippen molar-refractivity contribution in [2.24, 2.45) is 0 Å². The van der Waals surface area contributed by atoms with E-state index in [9.17, 15) is 4.79 Å². The number of fused-ring (bicyclic) bond motifs is 1. The highest BCUT2D eigenvalue weighted by atomic mass is 16.5. The van der Waals surface area contributed by atoms with E-state index in [-0.39, 0.29) is 18.1 Å². The van der Waals surface area contributed by atoms with E-state index < -0.39 is 0 Å². The molecule has 5 heteroatoms. The van der Waals surface area contributed by atoms with Crippen molar-refractivity contribution in [1.82, 2.24) is 9.88 Å². The molecule has 1 aliphatic rings. The molecule has 134 valence electrons. The molecule has 3 aromatic rings. The van der Waals surface area contributed by atoms with Crippen LogP contribution in [0.2, 0.25) is 0 Å². The minimum Gasteiger partial charge on any atom is -0.460 e. The molecule has 0 unspecified atom stereocenters. The van der Waals surface area contributed by atoms with Gasteiger partial charge in [-0.2, -0.15) is 0 Å². The van der Waals surface area contributed by atoms with Crippen LogP contribution >= 0.6 is 0 Å². The number of ether oxygens (including phenoxy) is 1. The first-order valence-electron chi connectivity index (χ1n) is 8.92. The summed E-state index contributed by atoms with van der Waals surface area (Å²) in [5, 5.41) is 0.858. The Hall–Kier alpha value is -2.66. The highest BCUT2D eigenvalue weighted by Gasteiger charge is 2.28. The Morgan fingerprint density at radius 2 is 1.85 bits per heavy atom. The molecule has 1 amide bonds. The van der Waals surface area contributed by atoms with Gasteiger partial charge in [0.1, 0.15) is 11.5 Å². The van der Waals surface area contributed by atoms with E-state index in [4.69, 9.17) is 9.15 Å². The van der Waals surface area contributed by atoms with Crippen molar-refractivity contribution in [3.05, 3.63) is 53.8 Å². The number of rotatable bonds is 2. The lowest BCUT2D eigenvalue weighted by atomic mass is 10.0. The van der Waals surface area contributed by atoms with E-state index in [1.165, 1.54) is 0 Å². The second kappa shape index (κ2) is 6.57. The molecule has 5 nitrogen and oxygen atoms in total. The molecule has 1 aromatic carbocycles. The molecule has 0 radical (unpaired) electrons. The molecular weight excluding hydrogens is 328 g/mol. The molecule has 2 aromatic heterocycles. The Labute approximate surface area is 152 Å². The molecule has 4 rings (SSSR count). The number of aryl methyl sites for hydroxylation is 1. The van der Waals surface area contributed by atoms with E-state index >= 15 is 0 Å². The number of carbonyl (C=O) groups excluding carboxylic acids is 1. The largest absolute Gasteiger partial charge is 0.460 e. The number of para-hydroxylation sites is 1. The third-order valence-electron chi connectivity index (χ3n) is 4.65. The van der Waals surface area contributed by atoms with Crippen LogP contribution in [-0.4, -0.2) is 41.1 Å². The molecule has 0 N–H and O–H groups in total. The minimum absolute atomic E-state index is 0.00938. The summed E-state index contributed by atoms with van der Waals surface area (Å²) >= 11 is 0. The minimum atomic E-state index is 0.00938. The third kappa shape index (κ3) is 3.10. The third-order valence-corrected chi connectivity index (χ3v) is 4.65. The first kappa shape index (κ1) is 16.8. The summed E-state index contributed by atoms with van der Waals surface area (Å²) in [7, 11) is 0. The van der Waals surface area contributed by atoms with Gasteiger partial charge in [-0.05, 0) is 45.0 Å².